The summed E-state index contributed by atoms with van der Waals surface area (Å²) in [7, 11) is 1.97. The molecule has 1 saturated heterocycles. The summed E-state index contributed by atoms with van der Waals surface area (Å²) in [5.41, 5.74) is 1.22. The highest BCUT2D eigenvalue weighted by atomic mass is 16.5. The first-order chi connectivity index (χ1) is 10.2. The highest BCUT2D eigenvalue weighted by Crippen LogP contribution is 2.20. The van der Waals surface area contributed by atoms with Gasteiger partial charge in [-0.25, -0.2) is 0 Å². The van der Waals surface area contributed by atoms with Crippen molar-refractivity contribution in [2.24, 2.45) is 0 Å². The minimum atomic E-state index is 0.202. The smallest absolute Gasteiger partial charge is 0.119 e. The van der Waals surface area contributed by atoms with Crippen molar-refractivity contribution < 1.29 is 14.2 Å². The van der Waals surface area contributed by atoms with Crippen LogP contribution >= 0.6 is 0 Å². The molecule has 0 aliphatic carbocycles. The number of likely N-dealkylation sites (N-methyl/N-ethyl adjacent to an activating group) is 1. The highest BCUT2D eigenvalue weighted by Gasteiger charge is 2.17. The quantitative estimate of drug-likeness (QED) is 0.839. The molecule has 1 N–H and O–H groups in total. The minimum Gasteiger partial charge on any atom is -0.491 e. The molecule has 1 aliphatic heterocycles. The van der Waals surface area contributed by atoms with E-state index >= 15 is 0 Å². The van der Waals surface area contributed by atoms with E-state index in [1.54, 1.807) is 0 Å². The SMILES string of the molecule is CNC(COC1CCOCC1)c1ccc(OC(C)C)cc1. The first kappa shape index (κ1) is 16.3. The van der Waals surface area contributed by atoms with Crippen molar-refractivity contribution in [1.82, 2.24) is 5.32 Å². The van der Waals surface area contributed by atoms with E-state index < -0.39 is 0 Å². The molecule has 1 fully saturated rings. The number of hydrogen-bond donors (Lipinski definition) is 1. The van der Waals surface area contributed by atoms with Crippen LogP contribution in [0.2, 0.25) is 0 Å². The summed E-state index contributed by atoms with van der Waals surface area (Å²) >= 11 is 0. The standard InChI is InChI=1S/C17H27NO3/c1-13(2)21-16-6-4-14(5-7-16)17(18-3)12-20-15-8-10-19-11-9-15/h4-7,13,15,17-18H,8-12H2,1-3H3. The number of rotatable bonds is 7. The van der Waals surface area contributed by atoms with Crippen LogP contribution in [0.4, 0.5) is 0 Å². The van der Waals surface area contributed by atoms with E-state index in [0.717, 1.165) is 31.8 Å². The summed E-state index contributed by atoms with van der Waals surface area (Å²) in [6.07, 6.45) is 2.53. The fourth-order valence-electron chi connectivity index (χ4n) is 2.47. The second-order valence-corrected chi connectivity index (χ2v) is 5.72. The molecular formula is C17H27NO3. The van der Waals surface area contributed by atoms with Crippen LogP contribution in [-0.4, -0.2) is 39.1 Å². The van der Waals surface area contributed by atoms with Crippen LogP contribution in [-0.2, 0) is 9.47 Å². The largest absolute Gasteiger partial charge is 0.491 e. The zero-order chi connectivity index (χ0) is 15.1. The summed E-state index contributed by atoms with van der Waals surface area (Å²) < 4.78 is 17.0. The molecule has 2 rings (SSSR count). The molecule has 0 bridgehead atoms. The fraction of sp³-hybridized carbons (Fsp3) is 0.647. The maximum absolute atomic E-state index is 6.01. The molecule has 4 nitrogen and oxygen atoms in total. The van der Waals surface area contributed by atoms with E-state index in [9.17, 15) is 0 Å². The van der Waals surface area contributed by atoms with Gasteiger partial charge in [0.1, 0.15) is 5.75 Å². The molecule has 1 aromatic rings. The minimum absolute atomic E-state index is 0.202. The monoisotopic (exact) mass is 293 g/mol. The number of hydrogen-bond acceptors (Lipinski definition) is 4. The first-order valence-corrected chi connectivity index (χ1v) is 7.82. The molecular weight excluding hydrogens is 266 g/mol. The van der Waals surface area contributed by atoms with Crippen LogP contribution in [0.3, 0.4) is 0 Å². The summed E-state index contributed by atoms with van der Waals surface area (Å²) in [5, 5.41) is 3.32. The molecule has 0 aromatic heterocycles. The summed E-state index contributed by atoms with van der Waals surface area (Å²) in [4.78, 5) is 0. The molecule has 0 amide bonds. The Morgan fingerprint density at radius 1 is 1.19 bits per heavy atom. The van der Waals surface area contributed by atoms with Gasteiger partial charge in [-0.1, -0.05) is 12.1 Å². The lowest BCUT2D eigenvalue weighted by Crippen LogP contribution is -2.28. The van der Waals surface area contributed by atoms with Gasteiger partial charge in [-0.15, -0.1) is 0 Å². The van der Waals surface area contributed by atoms with Crippen molar-refractivity contribution in [3.8, 4) is 5.75 Å². The van der Waals surface area contributed by atoms with E-state index in [4.69, 9.17) is 14.2 Å². The van der Waals surface area contributed by atoms with Crippen LogP contribution in [0, 0.1) is 0 Å². The third kappa shape index (κ3) is 5.30. The Hall–Kier alpha value is -1.10. The maximum atomic E-state index is 6.01. The summed E-state index contributed by atoms with van der Waals surface area (Å²) in [5.74, 6) is 0.911. The lowest BCUT2D eigenvalue weighted by Gasteiger charge is -2.25. The first-order valence-electron chi connectivity index (χ1n) is 7.82. The molecule has 1 aromatic carbocycles. The lowest BCUT2D eigenvalue weighted by molar-refractivity contribution is -0.0378. The van der Waals surface area contributed by atoms with Crippen LogP contribution in [0.1, 0.15) is 38.3 Å². The average Bonchev–Trinajstić information content (AvgIpc) is 2.50. The van der Waals surface area contributed by atoms with Crippen molar-refractivity contribution in [2.45, 2.75) is 44.9 Å². The van der Waals surface area contributed by atoms with Crippen molar-refractivity contribution in [1.29, 1.82) is 0 Å². The van der Waals surface area contributed by atoms with Gasteiger partial charge in [-0.2, -0.15) is 0 Å². The predicted octanol–water partition coefficient (Wildman–Crippen LogP) is 2.93. The molecule has 1 aliphatic rings. The Kier molecular flexibility index (Phi) is 6.49. The van der Waals surface area contributed by atoms with Gasteiger partial charge in [0, 0.05) is 13.2 Å². The van der Waals surface area contributed by atoms with Crippen LogP contribution < -0.4 is 10.1 Å². The van der Waals surface area contributed by atoms with Gasteiger partial charge in [0.2, 0.25) is 0 Å². The molecule has 4 heteroatoms. The summed E-state index contributed by atoms with van der Waals surface area (Å²) in [6.45, 7) is 6.38. The van der Waals surface area contributed by atoms with Crippen LogP contribution in [0.5, 0.6) is 5.75 Å². The Bertz CT molecular complexity index is 399. The molecule has 1 heterocycles. The molecule has 0 saturated carbocycles. The molecule has 1 atom stereocenters. The zero-order valence-corrected chi connectivity index (χ0v) is 13.3. The Balaban J connectivity index is 1.87. The van der Waals surface area contributed by atoms with Crippen molar-refractivity contribution in [3.05, 3.63) is 29.8 Å². The van der Waals surface area contributed by atoms with E-state index in [1.165, 1.54) is 5.56 Å². The van der Waals surface area contributed by atoms with Crippen molar-refractivity contribution in [2.75, 3.05) is 26.9 Å². The van der Waals surface area contributed by atoms with E-state index in [-0.39, 0.29) is 12.1 Å². The number of benzene rings is 1. The third-order valence-corrected chi connectivity index (χ3v) is 3.67. The predicted molar refractivity (Wildman–Crippen MR) is 83.8 cm³/mol. The van der Waals surface area contributed by atoms with Gasteiger partial charge in [0.05, 0.1) is 24.9 Å². The van der Waals surface area contributed by atoms with E-state index in [2.05, 4.69) is 17.4 Å². The molecule has 1 unspecified atom stereocenters. The maximum Gasteiger partial charge on any atom is 0.119 e. The average molecular weight is 293 g/mol. The van der Waals surface area contributed by atoms with Crippen LogP contribution in [0.25, 0.3) is 0 Å². The topological polar surface area (TPSA) is 39.7 Å². The summed E-state index contributed by atoms with van der Waals surface area (Å²) in [6, 6.07) is 8.46. The van der Waals surface area contributed by atoms with Crippen LogP contribution in [0.15, 0.2) is 24.3 Å². The highest BCUT2D eigenvalue weighted by molar-refractivity contribution is 5.29. The van der Waals surface area contributed by atoms with Gasteiger partial charge >= 0.3 is 0 Å². The van der Waals surface area contributed by atoms with E-state index in [1.807, 2.05) is 33.0 Å². The molecule has 0 radical (unpaired) electrons. The molecule has 21 heavy (non-hydrogen) atoms. The molecule has 0 spiro atoms. The zero-order valence-electron chi connectivity index (χ0n) is 13.3. The Morgan fingerprint density at radius 2 is 1.86 bits per heavy atom. The lowest BCUT2D eigenvalue weighted by atomic mass is 10.1. The molecule has 118 valence electrons. The normalized spacial score (nSPS) is 17.9. The van der Waals surface area contributed by atoms with Gasteiger partial charge in [-0.05, 0) is 51.4 Å². The fourth-order valence-corrected chi connectivity index (χ4v) is 2.47. The van der Waals surface area contributed by atoms with Gasteiger partial charge < -0.3 is 19.5 Å². The Morgan fingerprint density at radius 3 is 2.43 bits per heavy atom. The van der Waals surface area contributed by atoms with Gasteiger partial charge in [0.15, 0.2) is 0 Å². The van der Waals surface area contributed by atoms with E-state index in [0.29, 0.717) is 12.7 Å². The second-order valence-electron chi connectivity index (χ2n) is 5.72. The van der Waals surface area contributed by atoms with Crippen molar-refractivity contribution >= 4 is 0 Å². The van der Waals surface area contributed by atoms with Gasteiger partial charge in [0.25, 0.3) is 0 Å². The Labute approximate surface area is 127 Å². The third-order valence-electron chi connectivity index (χ3n) is 3.67. The number of ether oxygens (including phenoxy) is 3. The van der Waals surface area contributed by atoms with Crippen molar-refractivity contribution in [3.63, 3.8) is 0 Å². The second kappa shape index (κ2) is 8.37. The van der Waals surface area contributed by atoms with Gasteiger partial charge in [-0.3, -0.25) is 0 Å². The number of nitrogens with one attached hydrogen (secondary N) is 1.